The summed E-state index contributed by atoms with van der Waals surface area (Å²) >= 11 is 3.44. The molecule has 20 heavy (non-hydrogen) atoms. The fraction of sp³-hybridized carbons (Fsp3) is 0.125. The summed E-state index contributed by atoms with van der Waals surface area (Å²) in [6.45, 7) is 0. The molecule has 0 fully saturated rings. The SMILES string of the molecule is CN(c1ccc(Br)cc1N)c1cn(C)c2ccccc12. The number of halogens is 1. The van der Waals surface area contributed by atoms with Gasteiger partial charge in [-0.15, -0.1) is 0 Å². The number of fused-ring (bicyclic) bond motifs is 1. The van der Waals surface area contributed by atoms with E-state index in [1.54, 1.807) is 0 Å². The number of rotatable bonds is 2. The molecule has 2 N–H and O–H groups in total. The van der Waals surface area contributed by atoms with Crippen molar-refractivity contribution in [2.24, 2.45) is 7.05 Å². The number of hydrogen-bond acceptors (Lipinski definition) is 2. The highest BCUT2D eigenvalue weighted by Gasteiger charge is 2.13. The van der Waals surface area contributed by atoms with Crippen LogP contribution in [0.5, 0.6) is 0 Å². The first kappa shape index (κ1) is 13.1. The van der Waals surface area contributed by atoms with Gasteiger partial charge in [0.2, 0.25) is 0 Å². The highest BCUT2D eigenvalue weighted by atomic mass is 79.9. The molecule has 0 unspecified atom stereocenters. The summed E-state index contributed by atoms with van der Waals surface area (Å²) in [7, 11) is 4.10. The van der Waals surface area contributed by atoms with Gasteiger partial charge in [0.15, 0.2) is 0 Å². The average molecular weight is 330 g/mol. The van der Waals surface area contributed by atoms with E-state index in [0.29, 0.717) is 0 Å². The molecule has 0 radical (unpaired) electrons. The zero-order valence-electron chi connectivity index (χ0n) is 11.5. The minimum Gasteiger partial charge on any atom is -0.397 e. The van der Waals surface area contributed by atoms with Crippen molar-refractivity contribution in [2.75, 3.05) is 17.7 Å². The molecule has 0 bridgehead atoms. The van der Waals surface area contributed by atoms with E-state index in [4.69, 9.17) is 5.73 Å². The van der Waals surface area contributed by atoms with E-state index < -0.39 is 0 Å². The Labute approximate surface area is 126 Å². The van der Waals surface area contributed by atoms with E-state index in [0.717, 1.165) is 21.5 Å². The maximum absolute atomic E-state index is 6.13. The van der Waals surface area contributed by atoms with Crippen LogP contribution < -0.4 is 10.6 Å². The van der Waals surface area contributed by atoms with Crippen molar-refractivity contribution < 1.29 is 0 Å². The van der Waals surface area contributed by atoms with Gasteiger partial charge in [0.1, 0.15) is 0 Å². The van der Waals surface area contributed by atoms with Crippen molar-refractivity contribution in [3.63, 3.8) is 0 Å². The summed E-state index contributed by atoms with van der Waals surface area (Å²) in [5.74, 6) is 0. The van der Waals surface area contributed by atoms with E-state index in [1.165, 1.54) is 10.9 Å². The van der Waals surface area contributed by atoms with E-state index in [9.17, 15) is 0 Å². The van der Waals surface area contributed by atoms with Crippen molar-refractivity contribution in [1.29, 1.82) is 0 Å². The Bertz CT molecular complexity index is 776. The Morgan fingerprint density at radius 1 is 1.10 bits per heavy atom. The molecule has 3 nitrogen and oxygen atoms in total. The molecule has 0 aliphatic rings. The van der Waals surface area contributed by atoms with Gasteiger partial charge in [0.05, 0.1) is 17.1 Å². The Morgan fingerprint density at radius 2 is 1.85 bits per heavy atom. The Kier molecular flexibility index (Phi) is 3.18. The van der Waals surface area contributed by atoms with Gasteiger partial charge < -0.3 is 15.2 Å². The maximum Gasteiger partial charge on any atom is 0.0668 e. The number of nitrogens with two attached hydrogens (primary N) is 1. The standard InChI is InChI=1S/C16H16BrN3/c1-19-10-16(12-5-3-4-6-14(12)19)20(2)15-8-7-11(17)9-13(15)18/h3-10H,18H2,1-2H3. The molecule has 3 rings (SSSR count). The predicted octanol–water partition coefficient (Wildman–Crippen LogP) is 4.29. The average Bonchev–Trinajstić information content (AvgIpc) is 2.76. The monoisotopic (exact) mass is 329 g/mol. The van der Waals surface area contributed by atoms with Crippen molar-refractivity contribution >= 4 is 43.9 Å². The molecule has 0 atom stereocenters. The minimum atomic E-state index is 0.759. The second-order valence-corrected chi connectivity index (χ2v) is 5.82. The number of para-hydroxylation sites is 1. The van der Waals surface area contributed by atoms with Gasteiger partial charge in [-0.1, -0.05) is 34.1 Å². The first-order valence-electron chi connectivity index (χ1n) is 6.41. The number of aryl methyl sites for hydroxylation is 1. The van der Waals surface area contributed by atoms with Crippen LogP contribution >= 0.6 is 15.9 Å². The quantitative estimate of drug-likeness (QED) is 0.711. The Morgan fingerprint density at radius 3 is 2.60 bits per heavy atom. The Balaban J connectivity index is 2.15. The summed E-state index contributed by atoms with van der Waals surface area (Å²) in [5, 5.41) is 1.22. The fourth-order valence-electron chi connectivity index (χ4n) is 2.55. The van der Waals surface area contributed by atoms with Crippen LogP contribution in [0.2, 0.25) is 0 Å². The van der Waals surface area contributed by atoms with Gasteiger partial charge >= 0.3 is 0 Å². The van der Waals surface area contributed by atoms with Crippen LogP contribution in [0.3, 0.4) is 0 Å². The number of anilines is 3. The zero-order valence-corrected chi connectivity index (χ0v) is 13.1. The summed E-state index contributed by atoms with van der Waals surface area (Å²) in [4.78, 5) is 2.13. The molecule has 0 saturated carbocycles. The normalized spacial score (nSPS) is 10.9. The minimum absolute atomic E-state index is 0.759. The highest BCUT2D eigenvalue weighted by Crippen LogP contribution is 2.35. The smallest absolute Gasteiger partial charge is 0.0668 e. The number of nitrogen functional groups attached to an aromatic ring is 1. The fourth-order valence-corrected chi connectivity index (χ4v) is 2.93. The lowest BCUT2D eigenvalue weighted by Gasteiger charge is -2.20. The van der Waals surface area contributed by atoms with Crippen LogP contribution in [-0.4, -0.2) is 11.6 Å². The molecule has 0 amide bonds. The van der Waals surface area contributed by atoms with Crippen LogP contribution in [0.4, 0.5) is 17.1 Å². The number of nitrogens with zero attached hydrogens (tertiary/aromatic N) is 2. The molecule has 3 aromatic rings. The van der Waals surface area contributed by atoms with Crippen molar-refractivity contribution in [1.82, 2.24) is 4.57 Å². The van der Waals surface area contributed by atoms with Crippen molar-refractivity contribution in [3.8, 4) is 0 Å². The van der Waals surface area contributed by atoms with Gasteiger partial charge in [-0.05, 0) is 24.3 Å². The van der Waals surface area contributed by atoms with Gasteiger partial charge in [-0.25, -0.2) is 0 Å². The van der Waals surface area contributed by atoms with Crippen molar-refractivity contribution in [3.05, 3.63) is 53.1 Å². The van der Waals surface area contributed by atoms with Crippen LogP contribution in [-0.2, 0) is 7.05 Å². The third-order valence-corrected chi connectivity index (χ3v) is 4.08. The third kappa shape index (κ3) is 2.06. The number of aromatic nitrogens is 1. The number of hydrogen-bond donors (Lipinski definition) is 1. The molecule has 2 aromatic carbocycles. The molecular formula is C16H16BrN3. The predicted molar refractivity (Wildman–Crippen MR) is 89.5 cm³/mol. The first-order valence-corrected chi connectivity index (χ1v) is 7.20. The summed E-state index contributed by atoms with van der Waals surface area (Å²) in [5.41, 5.74) is 10.3. The van der Waals surface area contributed by atoms with E-state index in [-0.39, 0.29) is 0 Å². The van der Waals surface area contributed by atoms with Gasteiger partial charge in [0, 0.05) is 35.7 Å². The molecule has 0 spiro atoms. The summed E-state index contributed by atoms with van der Waals surface area (Å²) < 4.78 is 3.13. The van der Waals surface area contributed by atoms with E-state index >= 15 is 0 Å². The largest absolute Gasteiger partial charge is 0.397 e. The molecule has 4 heteroatoms. The second-order valence-electron chi connectivity index (χ2n) is 4.90. The zero-order chi connectivity index (χ0) is 14.3. The topological polar surface area (TPSA) is 34.2 Å². The lowest BCUT2D eigenvalue weighted by molar-refractivity contribution is 0.965. The third-order valence-electron chi connectivity index (χ3n) is 3.59. The van der Waals surface area contributed by atoms with Crippen molar-refractivity contribution in [2.45, 2.75) is 0 Å². The number of benzene rings is 2. The molecule has 1 heterocycles. The molecule has 0 aliphatic heterocycles. The highest BCUT2D eigenvalue weighted by molar-refractivity contribution is 9.10. The summed E-state index contributed by atoms with van der Waals surface area (Å²) in [6, 6.07) is 14.3. The molecule has 0 aliphatic carbocycles. The molecule has 1 aromatic heterocycles. The second kappa shape index (κ2) is 4.87. The van der Waals surface area contributed by atoms with Gasteiger partial charge in [-0.3, -0.25) is 0 Å². The van der Waals surface area contributed by atoms with Gasteiger partial charge in [-0.2, -0.15) is 0 Å². The van der Waals surface area contributed by atoms with Gasteiger partial charge in [0.25, 0.3) is 0 Å². The first-order chi connectivity index (χ1) is 9.58. The van der Waals surface area contributed by atoms with Crippen LogP contribution in [0.1, 0.15) is 0 Å². The van der Waals surface area contributed by atoms with E-state index in [2.05, 4.69) is 62.9 Å². The van der Waals surface area contributed by atoms with E-state index in [1.807, 2.05) is 25.2 Å². The molecule has 0 saturated heterocycles. The lowest BCUT2D eigenvalue weighted by atomic mass is 10.2. The molecule has 102 valence electrons. The molecular weight excluding hydrogens is 314 g/mol. The summed E-state index contributed by atoms with van der Waals surface area (Å²) in [6.07, 6.45) is 2.13. The van der Waals surface area contributed by atoms with Crippen LogP contribution in [0.25, 0.3) is 10.9 Å². The Hall–Kier alpha value is -1.94. The van der Waals surface area contributed by atoms with Crippen LogP contribution in [0, 0.1) is 0 Å². The van der Waals surface area contributed by atoms with Crippen LogP contribution in [0.15, 0.2) is 53.1 Å². The lowest BCUT2D eigenvalue weighted by Crippen LogP contribution is -2.11. The maximum atomic E-state index is 6.13.